The summed E-state index contributed by atoms with van der Waals surface area (Å²) in [6.07, 6.45) is 0. The Bertz CT molecular complexity index is 534. The first-order valence-corrected chi connectivity index (χ1v) is 7.08. The van der Waals surface area contributed by atoms with Gasteiger partial charge in [-0.1, -0.05) is 0 Å². The normalized spacial score (nSPS) is 12.1. The van der Waals surface area contributed by atoms with Crippen LogP contribution in [0, 0.1) is 5.82 Å². The Balaban J connectivity index is 3.20. The van der Waals surface area contributed by atoms with Crippen LogP contribution in [-0.2, 0) is 10.0 Å². The number of aliphatic hydroxyl groups is 2. The summed E-state index contributed by atoms with van der Waals surface area (Å²) >= 11 is 2.84. The fourth-order valence-electron chi connectivity index (χ4n) is 1.19. The zero-order valence-electron chi connectivity index (χ0n) is 9.10. The van der Waals surface area contributed by atoms with Gasteiger partial charge in [-0.3, -0.25) is 0 Å². The number of hydrogen-bond donors (Lipinski definition) is 4. The van der Waals surface area contributed by atoms with Crippen molar-refractivity contribution in [2.24, 2.45) is 0 Å². The number of aliphatic hydroxyl groups excluding tert-OH is 2. The van der Waals surface area contributed by atoms with E-state index in [1.807, 2.05) is 4.72 Å². The molecule has 0 spiro atoms. The lowest BCUT2D eigenvalue weighted by Gasteiger charge is -2.14. The average Bonchev–Trinajstić information content (AvgIpc) is 2.30. The van der Waals surface area contributed by atoms with Crippen molar-refractivity contribution in [3.63, 3.8) is 0 Å². The van der Waals surface area contributed by atoms with Crippen molar-refractivity contribution in [1.82, 2.24) is 4.72 Å². The lowest BCUT2D eigenvalue weighted by atomic mass is 10.3. The van der Waals surface area contributed by atoms with Crippen LogP contribution in [0.2, 0.25) is 0 Å². The summed E-state index contributed by atoms with van der Waals surface area (Å²) in [6, 6.07) is 1.08. The van der Waals surface area contributed by atoms with Gasteiger partial charge in [0.1, 0.15) is 4.90 Å². The first-order chi connectivity index (χ1) is 8.31. The van der Waals surface area contributed by atoms with Gasteiger partial charge in [-0.25, -0.2) is 17.5 Å². The molecule has 9 heteroatoms. The molecule has 102 valence electrons. The Hall–Kier alpha value is -0.740. The number of anilines is 1. The van der Waals surface area contributed by atoms with Crippen LogP contribution >= 0.6 is 15.9 Å². The highest BCUT2D eigenvalue weighted by Gasteiger charge is 2.24. The SMILES string of the molecule is Nc1cc(Br)c(F)c(S(=O)(=O)NC(CO)CO)c1. The minimum Gasteiger partial charge on any atom is -0.399 e. The van der Waals surface area contributed by atoms with Gasteiger partial charge in [0.25, 0.3) is 0 Å². The van der Waals surface area contributed by atoms with Gasteiger partial charge in [-0.15, -0.1) is 0 Å². The minimum absolute atomic E-state index is 0.0631. The van der Waals surface area contributed by atoms with Gasteiger partial charge in [0.05, 0.1) is 23.7 Å². The molecule has 0 saturated heterocycles. The van der Waals surface area contributed by atoms with Crippen LogP contribution in [0.25, 0.3) is 0 Å². The number of sulfonamides is 1. The van der Waals surface area contributed by atoms with Crippen molar-refractivity contribution in [2.45, 2.75) is 10.9 Å². The molecular weight excluding hydrogens is 331 g/mol. The molecule has 0 unspecified atom stereocenters. The fraction of sp³-hybridized carbons (Fsp3) is 0.333. The van der Waals surface area contributed by atoms with E-state index in [2.05, 4.69) is 15.9 Å². The molecule has 1 rings (SSSR count). The van der Waals surface area contributed by atoms with Gasteiger partial charge in [-0.2, -0.15) is 0 Å². The van der Waals surface area contributed by atoms with E-state index in [0.29, 0.717) is 0 Å². The van der Waals surface area contributed by atoms with Crippen molar-refractivity contribution in [3.05, 3.63) is 22.4 Å². The second-order valence-electron chi connectivity index (χ2n) is 3.50. The Kier molecular flexibility index (Phi) is 5.05. The van der Waals surface area contributed by atoms with Crippen LogP contribution in [0.3, 0.4) is 0 Å². The van der Waals surface area contributed by atoms with E-state index >= 15 is 0 Å². The Morgan fingerprint density at radius 3 is 2.44 bits per heavy atom. The molecule has 6 nitrogen and oxygen atoms in total. The zero-order chi connectivity index (χ0) is 13.9. The first-order valence-electron chi connectivity index (χ1n) is 4.80. The maximum atomic E-state index is 13.7. The molecule has 0 aromatic heterocycles. The van der Waals surface area contributed by atoms with Crippen molar-refractivity contribution in [2.75, 3.05) is 18.9 Å². The van der Waals surface area contributed by atoms with E-state index < -0.39 is 40.0 Å². The summed E-state index contributed by atoms with van der Waals surface area (Å²) in [5, 5.41) is 17.6. The van der Waals surface area contributed by atoms with Crippen LogP contribution < -0.4 is 10.5 Å². The smallest absolute Gasteiger partial charge is 0.244 e. The summed E-state index contributed by atoms with van der Waals surface area (Å²) < 4.78 is 39.2. The number of nitrogen functional groups attached to an aromatic ring is 1. The third-order valence-electron chi connectivity index (χ3n) is 2.07. The van der Waals surface area contributed by atoms with E-state index in [1.165, 1.54) is 6.07 Å². The molecule has 0 fully saturated rings. The number of rotatable bonds is 5. The summed E-state index contributed by atoms with van der Waals surface area (Å²) in [5.74, 6) is -0.994. The molecule has 1 aromatic carbocycles. The van der Waals surface area contributed by atoms with Crippen LogP contribution in [0.1, 0.15) is 0 Å². The maximum absolute atomic E-state index is 13.7. The molecule has 0 aliphatic carbocycles. The minimum atomic E-state index is -4.21. The van der Waals surface area contributed by atoms with Crippen LogP contribution in [0.15, 0.2) is 21.5 Å². The lowest BCUT2D eigenvalue weighted by molar-refractivity contribution is 0.185. The second kappa shape index (κ2) is 5.93. The van der Waals surface area contributed by atoms with Gasteiger partial charge in [-0.05, 0) is 28.1 Å². The van der Waals surface area contributed by atoms with Gasteiger partial charge < -0.3 is 15.9 Å². The zero-order valence-corrected chi connectivity index (χ0v) is 11.5. The number of nitrogens with one attached hydrogen (secondary N) is 1. The molecule has 0 radical (unpaired) electrons. The monoisotopic (exact) mass is 342 g/mol. The predicted octanol–water partition coefficient (Wildman–Crippen LogP) is -0.198. The summed E-state index contributed by atoms with van der Waals surface area (Å²) in [5.41, 5.74) is 5.50. The molecule has 0 saturated carbocycles. The Morgan fingerprint density at radius 2 is 1.94 bits per heavy atom. The van der Waals surface area contributed by atoms with Crippen LogP contribution in [0.5, 0.6) is 0 Å². The molecule has 1 aromatic rings. The fourth-order valence-corrected chi connectivity index (χ4v) is 3.16. The lowest BCUT2D eigenvalue weighted by Crippen LogP contribution is -2.40. The van der Waals surface area contributed by atoms with Gasteiger partial charge in [0.2, 0.25) is 10.0 Å². The molecule has 0 atom stereocenters. The predicted molar refractivity (Wildman–Crippen MR) is 66.8 cm³/mol. The molecule has 18 heavy (non-hydrogen) atoms. The second-order valence-corrected chi connectivity index (χ2v) is 6.03. The summed E-state index contributed by atoms with van der Waals surface area (Å²) in [7, 11) is -4.21. The third-order valence-corrected chi connectivity index (χ3v) is 4.17. The first kappa shape index (κ1) is 15.3. The number of benzene rings is 1. The van der Waals surface area contributed by atoms with E-state index in [9.17, 15) is 12.8 Å². The number of halogens is 2. The van der Waals surface area contributed by atoms with Gasteiger partial charge in [0, 0.05) is 5.69 Å². The van der Waals surface area contributed by atoms with E-state index in [1.54, 1.807) is 0 Å². The third kappa shape index (κ3) is 3.39. The largest absolute Gasteiger partial charge is 0.399 e. The van der Waals surface area contributed by atoms with E-state index in [-0.39, 0.29) is 10.2 Å². The maximum Gasteiger partial charge on any atom is 0.244 e. The molecule has 5 N–H and O–H groups in total. The molecule has 0 aliphatic rings. The van der Waals surface area contributed by atoms with Crippen LogP contribution in [-0.4, -0.2) is 37.9 Å². The highest BCUT2D eigenvalue weighted by atomic mass is 79.9. The Labute approximate surface area is 112 Å². The molecule has 0 aliphatic heterocycles. The summed E-state index contributed by atoms with van der Waals surface area (Å²) in [6.45, 7) is -1.22. The van der Waals surface area contributed by atoms with Crippen molar-refractivity contribution in [3.8, 4) is 0 Å². The van der Waals surface area contributed by atoms with E-state index in [0.717, 1.165) is 6.07 Å². The van der Waals surface area contributed by atoms with Crippen molar-refractivity contribution in [1.29, 1.82) is 0 Å². The Morgan fingerprint density at radius 1 is 1.39 bits per heavy atom. The number of hydrogen-bond acceptors (Lipinski definition) is 5. The molecule has 0 bridgehead atoms. The van der Waals surface area contributed by atoms with Crippen LogP contribution in [0.4, 0.5) is 10.1 Å². The highest BCUT2D eigenvalue weighted by Crippen LogP contribution is 2.26. The summed E-state index contributed by atoms with van der Waals surface area (Å²) in [4.78, 5) is -0.652. The van der Waals surface area contributed by atoms with Gasteiger partial charge in [0.15, 0.2) is 5.82 Å². The quantitative estimate of drug-likeness (QED) is 0.553. The van der Waals surface area contributed by atoms with Crippen molar-refractivity contribution >= 4 is 31.6 Å². The number of nitrogens with two attached hydrogens (primary N) is 1. The standard InChI is InChI=1S/C9H12BrFN2O4S/c10-7-1-5(12)2-8(9(7)11)18(16,17)13-6(3-14)4-15/h1-2,6,13-15H,3-4,12H2. The van der Waals surface area contributed by atoms with Gasteiger partial charge >= 0.3 is 0 Å². The average molecular weight is 343 g/mol. The topological polar surface area (TPSA) is 113 Å². The highest BCUT2D eigenvalue weighted by molar-refractivity contribution is 9.10. The molecule has 0 amide bonds. The van der Waals surface area contributed by atoms with E-state index in [4.69, 9.17) is 15.9 Å². The van der Waals surface area contributed by atoms with Crippen molar-refractivity contribution < 1.29 is 23.0 Å². The molecular formula is C9H12BrFN2O4S. The molecule has 0 heterocycles.